The summed E-state index contributed by atoms with van der Waals surface area (Å²) in [4.78, 5) is 0. The lowest BCUT2D eigenvalue weighted by molar-refractivity contribution is 0.387. The second kappa shape index (κ2) is 8.04. The Morgan fingerprint density at radius 3 is 2.43 bits per heavy atom. The van der Waals surface area contributed by atoms with Gasteiger partial charge in [0.05, 0.1) is 30.6 Å². The first kappa shape index (κ1) is 18.1. The van der Waals surface area contributed by atoms with Gasteiger partial charge in [0, 0.05) is 10.6 Å². The zero-order valence-corrected chi connectivity index (χ0v) is 16.7. The van der Waals surface area contributed by atoms with Gasteiger partial charge in [-0.3, -0.25) is 5.43 Å². The van der Waals surface area contributed by atoms with E-state index in [9.17, 15) is 0 Å². The van der Waals surface area contributed by atoms with Crippen LogP contribution in [0.3, 0.4) is 0 Å². The molecule has 23 heavy (non-hydrogen) atoms. The van der Waals surface area contributed by atoms with Gasteiger partial charge in [-0.25, -0.2) is 0 Å². The Morgan fingerprint density at radius 1 is 1.13 bits per heavy atom. The molecular formula is C16H15Br2ClN2O2. The van der Waals surface area contributed by atoms with Gasteiger partial charge in [-0.15, -0.1) is 0 Å². The summed E-state index contributed by atoms with van der Waals surface area (Å²) in [6.07, 6.45) is 1.67. The highest BCUT2D eigenvalue weighted by molar-refractivity contribution is 9.11. The molecule has 0 spiro atoms. The number of halogens is 3. The molecule has 0 heterocycles. The molecule has 0 saturated carbocycles. The van der Waals surface area contributed by atoms with Crippen LogP contribution >= 0.6 is 43.5 Å². The number of hydrogen-bond acceptors (Lipinski definition) is 4. The summed E-state index contributed by atoms with van der Waals surface area (Å²) in [5.41, 5.74) is 5.56. The average molecular weight is 463 g/mol. The van der Waals surface area contributed by atoms with Gasteiger partial charge in [0.1, 0.15) is 10.2 Å². The van der Waals surface area contributed by atoms with Crippen LogP contribution in [-0.2, 0) is 0 Å². The Labute approximate surface area is 157 Å². The fourth-order valence-electron chi connectivity index (χ4n) is 1.93. The van der Waals surface area contributed by atoms with Crippen molar-refractivity contribution in [1.29, 1.82) is 0 Å². The Hall–Kier alpha value is -1.24. The van der Waals surface area contributed by atoms with Crippen LogP contribution in [0.5, 0.6) is 11.5 Å². The largest absolute Gasteiger partial charge is 0.495 e. The van der Waals surface area contributed by atoms with Crippen LogP contribution in [0.15, 0.2) is 38.3 Å². The van der Waals surface area contributed by atoms with Gasteiger partial charge in [-0.1, -0.05) is 17.7 Å². The summed E-state index contributed by atoms with van der Waals surface area (Å²) in [6, 6.07) is 7.54. The molecule has 1 N–H and O–H groups in total. The first-order valence-electron chi connectivity index (χ1n) is 6.63. The number of anilines is 1. The Morgan fingerprint density at radius 2 is 1.83 bits per heavy atom. The van der Waals surface area contributed by atoms with E-state index in [0.717, 1.165) is 25.8 Å². The first-order valence-corrected chi connectivity index (χ1v) is 8.59. The van der Waals surface area contributed by atoms with Crippen molar-refractivity contribution in [3.05, 3.63) is 49.4 Å². The van der Waals surface area contributed by atoms with Crippen LogP contribution in [0.4, 0.5) is 5.69 Å². The lowest BCUT2D eigenvalue weighted by Gasteiger charge is -2.13. The summed E-state index contributed by atoms with van der Waals surface area (Å²) in [5.74, 6) is 1.30. The zero-order valence-electron chi connectivity index (χ0n) is 12.8. The minimum absolute atomic E-state index is 0.637. The number of nitrogens with zero attached hydrogens (tertiary/aromatic N) is 1. The molecule has 7 heteroatoms. The van der Waals surface area contributed by atoms with E-state index in [1.807, 2.05) is 31.2 Å². The monoisotopic (exact) mass is 460 g/mol. The van der Waals surface area contributed by atoms with Gasteiger partial charge in [-0.2, -0.15) is 5.10 Å². The van der Waals surface area contributed by atoms with Gasteiger partial charge in [0.15, 0.2) is 5.75 Å². The predicted octanol–water partition coefficient (Wildman–Crippen LogP) is 5.64. The maximum atomic E-state index is 6.09. The average Bonchev–Trinajstić information content (AvgIpc) is 2.51. The highest BCUT2D eigenvalue weighted by atomic mass is 79.9. The van der Waals surface area contributed by atoms with Crippen LogP contribution in [0, 0.1) is 6.92 Å². The van der Waals surface area contributed by atoms with E-state index in [1.165, 1.54) is 0 Å². The SMILES string of the molecule is COc1c(Br)cc(C=NNc2ccc(C)c(Cl)c2)c(OC)c1Br. The summed E-state index contributed by atoms with van der Waals surface area (Å²) >= 11 is 13.0. The van der Waals surface area contributed by atoms with E-state index in [1.54, 1.807) is 20.4 Å². The second-order valence-electron chi connectivity index (χ2n) is 4.66. The van der Waals surface area contributed by atoms with Crippen molar-refractivity contribution in [2.75, 3.05) is 19.6 Å². The molecule has 4 nitrogen and oxygen atoms in total. The van der Waals surface area contributed by atoms with Gasteiger partial charge >= 0.3 is 0 Å². The smallest absolute Gasteiger partial charge is 0.151 e. The quantitative estimate of drug-likeness (QED) is 0.462. The second-order valence-corrected chi connectivity index (χ2v) is 6.72. The first-order chi connectivity index (χ1) is 11.0. The molecular weight excluding hydrogens is 447 g/mol. The Kier molecular flexibility index (Phi) is 6.33. The molecule has 0 aromatic heterocycles. The third kappa shape index (κ3) is 4.19. The highest BCUT2D eigenvalue weighted by Crippen LogP contribution is 2.42. The third-order valence-corrected chi connectivity index (χ3v) is 4.85. The van der Waals surface area contributed by atoms with Crippen molar-refractivity contribution in [3.63, 3.8) is 0 Å². The predicted molar refractivity (Wildman–Crippen MR) is 102 cm³/mol. The summed E-state index contributed by atoms with van der Waals surface area (Å²) in [5, 5.41) is 4.93. The van der Waals surface area contributed by atoms with E-state index >= 15 is 0 Å². The van der Waals surface area contributed by atoms with Gasteiger partial charge in [0.2, 0.25) is 0 Å². The fraction of sp³-hybridized carbons (Fsp3) is 0.188. The van der Waals surface area contributed by atoms with Crippen LogP contribution < -0.4 is 14.9 Å². The molecule has 2 aromatic carbocycles. The van der Waals surface area contributed by atoms with Crippen molar-refractivity contribution in [2.45, 2.75) is 6.92 Å². The van der Waals surface area contributed by atoms with E-state index in [4.69, 9.17) is 21.1 Å². The summed E-state index contributed by atoms with van der Waals surface area (Å²) < 4.78 is 12.3. The molecule has 2 aromatic rings. The standard InChI is InChI=1S/C16H15Br2ClN2O2/c1-9-4-5-11(7-13(9)19)21-20-8-10-6-12(17)16(23-3)14(18)15(10)22-2/h4-8,21H,1-3H3. The molecule has 0 bridgehead atoms. The lowest BCUT2D eigenvalue weighted by Crippen LogP contribution is -1.98. The van der Waals surface area contributed by atoms with Crippen molar-refractivity contribution >= 4 is 55.4 Å². The summed E-state index contributed by atoms with van der Waals surface area (Å²) in [7, 11) is 3.19. The molecule has 0 amide bonds. The highest BCUT2D eigenvalue weighted by Gasteiger charge is 2.15. The lowest BCUT2D eigenvalue weighted by atomic mass is 10.2. The number of aryl methyl sites for hydroxylation is 1. The molecule has 0 saturated heterocycles. The normalized spacial score (nSPS) is 10.9. The van der Waals surface area contributed by atoms with Crippen LogP contribution in [-0.4, -0.2) is 20.4 Å². The van der Waals surface area contributed by atoms with Crippen molar-refractivity contribution in [3.8, 4) is 11.5 Å². The molecule has 0 fully saturated rings. The van der Waals surface area contributed by atoms with Gasteiger partial charge < -0.3 is 9.47 Å². The van der Waals surface area contributed by atoms with E-state index in [0.29, 0.717) is 16.5 Å². The third-order valence-electron chi connectivity index (χ3n) is 3.14. The Balaban J connectivity index is 2.26. The van der Waals surface area contributed by atoms with Crippen molar-refractivity contribution in [2.24, 2.45) is 5.10 Å². The maximum Gasteiger partial charge on any atom is 0.151 e. The molecule has 2 rings (SSSR count). The molecule has 0 radical (unpaired) electrons. The minimum atomic E-state index is 0.637. The van der Waals surface area contributed by atoms with E-state index in [-0.39, 0.29) is 0 Å². The van der Waals surface area contributed by atoms with Crippen LogP contribution in [0.25, 0.3) is 0 Å². The van der Waals surface area contributed by atoms with E-state index in [2.05, 4.69) is 42.4 Å². The minimum Gasteiger partial charge on any atom is -0.495 e. The number of ether oxygens (including phenoxy) is 2. The van der Waals surface area contributed by atoms with Crippen LogP contribution in [0.1, 0.15) is 11.1 Å². The number of hydrazone groups is 1. The summed E-state index contributed by atoms with van der Waals surface area (Å²) in [6.45, 7) is 1.95. The topological polar surface area (TPSA) is 42.8 Å². The number of rotatable bonds is 5. The molecule has 0 aliphatic heterocycles. The molecule has 0 unspecified atom stereocenters. The number of nitrogens with one attached hydrogen (secondary N) is 1. The number of methoxy groups -OCH3 is 2. The zero-order chi connectivity index (χ0) is 17.0. The van der Waals surface area contributed by atoms with Gasteiger partial charge in [0.25, 0.3) is 0 Å². The van der Waals surface area contributed by atoms with E-state index < -0.39 is 0 Å². The maximum absolute atomic E-state index is 6.09. The molecule has 0 aliphatic carbocycles. The van der Waals surface area contributed by atoms with Crippen molar-refractivity contribution < 1.29 is 9.47 Å². The number of benzene rings is 2. The van der Waals surface area contributed by atoms with Gasteiger partial charge in [-0.05, 0) is 62.5 Å². The fourth-order valence-corrected chi connectivity index (χ4v) is 3.75. The molecule has 0 aliphatic rings. The molecule has 122 valence electrons. The van der Waals surface area contributed by atoms with Crippen molar-refractivity contribution in [1.82, 2.24) is 0 Å². The van der Waals surface area contributed by atoms with Crippen LogP contribution in [0.2, 0.25) is 5.02 Å². The molecule has 0 atom stereocenters. The Bertz CT molecular complexity index is 751. The number of hydrogen-bond donors (Lipinski definition) is 1.